The van der Waals surface area contributed by atoms with Crippen molar-refractivity contribution in [3.63, 3.8) is 0 Å². The Kier molecular flexibility index (Phi) is 6.81. The number of hydrogen-bond acceptors (Lipinski definition) is 4. The number of carbonyl (C=O) groups is 2. The third kappa shape index (κ3) is 5.99. The summed E-state index contributed by atoms with van der Waals surface area (Å²) in [5.74, 6) is -0.472. The van der Waals surface area contributed by atoms with E-state index in [4.69, 9.17) is 0 Å². The van der Waals surface area contributed by atoms with Gasteiger partial charge >= 0.3 is 0 Å². The number of anilines is 2. The van der Waals surface area contributed by atoms with Gasteiger partial charge in [-0.3, -0.25) is 14.5 Å². The maximum Gasteiger partial charge on any atom is 0.239 e. The fraction of sp³-hybridized carbons (Fsp3) is 0.261. The van der Waals surface area contributed by atoms with Crippen LogP contribution in [0.3, 0.4) is 0 Å². The zero-order chi connectivity index (χ0) is 22.5. The van der Waals surface area contributed by atoms with Crippen molar-refractivity contribution < 1.29 is 14.0 Å². The van der Waals surface area contributed by atoms with Crippen molar-refractivity contribution in [1.82, 2.24) is 14.7 Å². The van der Waals surface area contributed by atoms with Crippen molar-refractivity contribution in [1.29, 1.82) is 0 Å². The standard InChI is InChI=1S/C23H26FN5O2/c1-15-8-9-16(2)20(10-15)29-21(11-17(3)27-29)26-23(31)14-28(4)13-22(30)25-19-7-5-6-18(24)12-19/h5-12H,13-14H2,1-4H3,(H,25,30)(H,26,31). The molecule has 2 aromatic carbocycles. The summed E-state index contributed by atoms with van der Waals surface area (Å²) in [6, 6.07) is 13.5. The molecule has 31 heavy (non-hydrogen) atoms. The predicted molar refractivity (Wildman–Crippen MR) is 119 cm³/mol. The molecule has 0 aliphatic heterocycles. The van der Waals surface area contributed by atoms with Crippen LogP contribution in [0.2, 0.25) is 0 Å². The molecule has 1 heterocycles. The maximum absolute atomic E-state index is 13.2. The molecule has 0 unspecified atom stereocenters. The summed E-state index contributed by atoms with van der Waals surface area (Å²) >= 11 is 0. The number of halogens is 1. The van der Waals surface area contributed by atoms with Crippen molar-refractivity contribution in [2.75, 3.05) is 30.8 Å². The number of likely N-dealkylation sites (N-methyl/N-ethyl adjacent to an activating group) is 1. The van der Waals surface area contributed by atoms with E-state index in [1.165, 1.54) is 18.2 Å². The molecule has 2 amide bonds. The minimum Gasteiger partial charge on any atom is -0.325 e. The fourth-order valence-electron chi connectivity index (χ4n) is 3.22. The first-order chi connectivity index (χ1) is 14.7. The van der Waals surface area contributed by atoms with Gasteiger partial charge in [0.25, 0.3) is 0 Å². The smallest absolute Gasteiger partial charge is 0.239 e. The second-order valence-corrected chi connectivity index (χ2v) is 7.65. The maximum atomic E-state index is 13.2. The Balaban J connectivity index is 1.62. The van der Waals surface area contributed by atoms with Crippen LogP contribution in [0.1, 0.15) is 16.8 Å². The molecule has 7 nitrogen and oxygen atoms in total. The van der Waals surface area contributed by atoms with E-state index in [0.29, 0.717) is 11.5 Å². The van der Waals surface area contributed by atoms with E-state index >= 15 is 0 Å². The Hall–Kier alpha value is -3.52. The highest BCUT2D eigenvalue weighted by atomic mass is 19.1. The first kappa shape index (κ1) is 22.2. The first-order valence-corrected chi connectivity index (χ1v) is 9.89. The van der Waals surface area contributed by atoms with Crippen LogP contribution >= 0.6 is 0 Å². The van der Waals surface area contributed by atoms with Gasteiger partial charge in [0.2, 0.25) is 11.8 Å². The van der Waals surface area contributed by atoms with E-state index in [1.807, 2.05) is 39.0 Å². The minimum absolute atomic E-state index is 0.00754. The van der Waals surface area contributed by atoms with Crippen molar-refractivity contribution in [2.24, 2.45) is 0 Å². The van der Waals surface area contributed by atoms with E-state index < -0.39 is 5.82 Å². The van der Waals surface area contributed by atoms with Gasteiger partial charge in [0.15, 0.2) is 0 Å². The topological polar surface area (TPSA) is 79.3 Å². The number of aryl methyl sites for hydroxylation is 3. The van der Waals surface area contributed by atoms with Gasteiger partial charge in [0.05, 0.1) is 24.5 Å². The van der Waals surface area contributed by atoms with E-state index in [1.54, 1.807) is 28.8 Å². The van der Waals surface area contributed by atoms with Crippen molar-refractivity contribution in [3.8, 4) is 5.69 Å². The monoisotopic (exact) mass is 423 g/mol. The third-order valence-electron chi connectivity index (χ3n) is 4.63. The van der Waals surface area contributed by atoms with E-state index in [-0.39, 0.29) is 24.9 Å². The number of aromatic nitrogens is 2. The van der Waals surface area contributed by atoms with Crippen LogP contribution in [-0.4, -0.2) is 46.6 Å². The van der Waals surface area contributed by atoms with E-state index in [2.05, 4.69) is 15.7 Å². The highest BCUT2D eigenvalue weighted by Gasteiger charge is 2.15. The number of hydrogen-bond donors (Lipinski definition) is 2. The lowest BCUT2D eigenvalue weighted by Crippen LogP contribution is -2.36. The molecule has 1 aromatic heterocycles. The molecule has 0 fully saturated rings. The lowest BCUT2D eigenvalue weighted by Gasteiger charge is -2.17. The van der Waals surface area contributed by atoms with Crippen molar-refractivity contribution in [2.45, 2.75) is 20.8 Å². The zero-order valence-corrected chi connectivity index (χ0v) is 18.1. The van der Waals surface area contributed by atoms with Gasteiger partial charge in [0.1, 0.15) is 11.6 Å². The summed E-state index contributed by atoms with van der Waals surface area (Å²) in [5, 5.41) is 10.0. The molecule has 3 aromatic rings. The molecule has 162 valence electrons. The fourth-order valence-corrected chi connectivity index (χ4v) is 3.22. The average molecular weight is 423 g/mol. The third-order valence-corrected chi connectivity index (χ3v) is 4.63. The molecule has 2 N–H and O–H groups in total. The number of nitrogens with zero attached hydrogens (tertiary/aromatic N) is 3. The van der Waals surface area contributed by atoms with Gasteiger partial charge in [-0.1, -0.05) is 18.2 Å². The molecule has 0 bridgehead atoms. The summed E-state index contributed by atoms with van der Waals surface area (Å²) in [4.78, 5) is 26.3. The molecule has 0 saturated carbocycles. The van der Waals surface area contributed by atoms with Crippen LogP contribution in [0.4, 0.5) is 15.9 Å². The van der Waals surface area contributed by atoms with Gasteiger partial charge in [-0.2, -0.15) is 5.10 Å². The Morgan fingerprint density at radius 1 is 1.00 bits per heavy atom. The van der Waals surface area contributed by atoms with Crippen LogP contribution in [0, 0.1) is 26.6 Å². The summed E-state index contributed by atoms with van der Waals surface area (Å²) < 4.78 is 15.0. The Bertz CT molecular complexity index is 1110. The zero-order valence-electron chi connectivity index (χ0n) is 18.1. The largest absolute Gasteiger partial charge is 0.325 e. The molecule has 0 spiro atoms. The van der Waals surface area contributed by atoms with Gasteiger partial charge in [-0.05, 0) is 63.2 Å². The number of nitrogens with one attached hydrogen (secondary N) is 2. The molecule has 0 atom stereocenters. The number of amides is 2. The quantitative estimate of drug-likeness (QED) is 0.610. The second kappa shape index (κ2) is 9.53. The Morgan fingerprint density at radius 2 is 1.71 bits per heavy atom. The lowest BCUT2D eigenvalue weighted by atomic mass is 10.1. The summed E-state index contributed by atoms with van der Waals surface area (Å²) in [6.45, 7) is 5.84. The molecule has 0 saturated heterocycles. The van der Waals surface area contributed by atoms with Crippen LogP contribution in [0.25, 0.3) is 5.69 Å². The molecular formula is C23H26FN5O2. The molecule has 8 heteroatoms. The number of rotatable bonds is 7. The van der Waals surface area contributed by atoms with Crippen molar-refractivity contribution >= 4 is 23.3 Å². The summed E-state index contributed by atoms with van der Waals surface area (Å²) in [5.41, 5.74) is 4.17. The van der Waals surface area contributed by atoms with Crippen LogP contribution < -0.4 is 10.6 Å². The van der Waals surface area contributed by atoms with Gasteiger partial charge in [-0.15, -0.1) is 0 Å². The SMILES string of the molecule is Cc1ccc(C)c(-n2nc(C)cc2NC(=O)CN(C)CC(=O)Nc2cccc(F)c2)c1. The number of carbonyl (C=O) groups excluding carboxylic acids is 2. The average Bonchev–Trinajstić information content (AvgIpc) is 3.03. The lowest BCUT2D eigenvalue weighted by molar-refractivity contribution is -0.119. The van der Waals surface area contributed by atoms with Crippen molar-refractivity contribution in [3.05, 3.63) is 71.2 Å². The second-order valence-electron chi connectivity index (χ2n) is 7.65. The Morgan fingerprint density at radius 3 is 2.42 bits per heavy atom. The van der Waals surface area contributed by atoms with E-state index in [0.717, 1.165) is 22.5 Å². The molecule has 3 rings (SSSR count). The van der Waals surface area contributed by atoms with Crippen LogP contribution in [-0.2, 0) is 9.59 Å². The first-order valence-electron chi connectivity index (χ1n) is 9.89. The van der Waals surface area contributed by atoms with Crippen LogP contribution in [0.15, 0.2) is 48.5 Å². The van der Waals surface area contributed by atoms with Crippen LogP contribution in [0.5, 0.6) is 0 Å². The van der Waals surface area contributed by atoms with Gasteiger partial charge in [0, 0.05) is 11.8 Å². The highest BCUT2D eigenvalue weighted by Crippen LogP contribution is 2.21. The predicted octanol–water partition coefficient (Wildman–Crippen LogP) is 3.45. The highest BCUT2D eigenvalue weighted by molar-refractivity contribution is 5.94. The Labute approximate surface area is 180 Å². The normalized spacial score (nSPS) is 10.9. The number of benzene rings is 2. The summed E-state index contributed by atoms with van der Waals surface area (Å²) in [7, 11) is 1.66. The molecule has 0 aliphatic rings. The minimum atomic E-state index is -0.429. The molecule has 0 aliphatic carbocycles. The van der Waals surface area contributed by atoms with Gasteiger partial charge in [-0.25, -0.2) is 9.07 Å². The summed E-state index contributed by atoms with van der Waals surface area (Å²) in [6.07, 6.45) is 0. The van der Waals surface area contributed by atoms with E-state index in [9.17, 15) is 14.0 Å². The molecular weight excluding hydrogens is 397 g/mol. The molecule has 0 radical (unpaired) electrons. The van der Waals surface area contributed by atoms with Gasteiger partial charge < -0.3 is 10.6 Å².